The van der Waals surface area contributed by atoms with Gasteiger partial charge in [0.15, 0.2) is 5.96 Å². The molecule has 1 fully saturated rings. The van der Waals surface area contributed by atoms with Crippen LogP contribution in [0.4, 0.5) is 0 Å². The van der Waals surface area contributed by atoms with Crippen LogP contribution in [0.15, 0.2) is 21.3 Å². The zero-order valence-corrected chi connectivity index (χ0v) is 17.8. The Hall–Kier alpha value is -1.12. The summed E-state index contributed by atoms with van der Waals surface area (Å²) in [6.45, 7) is 4.25. The Morgan fingerprint density at radius 1 is 1.27 bits per heavy atom. The van der Waals surface area contributed by atoms with Crippen LogP contribution in [-0.2, 0) is 16.6 Å². The predicted octanol–water partition coefficient (Wildman–Crippen LogP) is 3.02. The molecule has 1 aliphatic carbocycles. The molecule has 0 aliphatic heterocycles. The number of thiophene rings is 1. The van der Waals surface area contributed by atoms with Crippen LogP contribution in [0.25, 0.3) is 0 Å². The third-order valence-electron chi connectivity index (χ3n) is 4.67. The number of aliphatic imine (C=N–C) groups is 1. The highest BCUT2D eigenvalue weighted by molar-refractivity contribution is 7.91. The molecule has 0 aromatic carbocycles. The van der Waals surface area contributed by atoms with E-state index >= 15 is 0 Å². The number of nitrogens with zero attached hydrogens (tertiary/aromatic N) is 2. The lowest BCUT2D eigenvalue weighted by Gasteiger charge is -2.12. The molecule has 1 aromatic rings. The lowest BCUT2D eigenvalue weighted by atomic mass is 10.0. The van der Waals surface area contributed by atoms with Gasteiger partial charge in [-0.2, -0.15) is 0 Å². The lowest BCUT2D eigenvalue weighted by Crippen LogP contribution is -2.37. The minimum Gasteiger partial charge on any atom is -0.357 e. The molecule has 0 atom stereocenters. The van der Waals surface area contributed by atoms with Crippen LogP contribution in [-0.4, -0.2) is 45.9 Å². The summed E-state index contributed by atoms with van der Waals surface area (Å²) in [7, 11) is -0.264. The summed E-state index contributed by atoms with van der Waals surface area (Å²) in [6, 6.07) is 3.50. The summed E-state index contributed by atoms with van der Waals surface area (Å²) in [6.07, 6.45) is 8.04. The molecule has 1 aromatic heterocycles. The fraction of sp³-hybridized carbons (Fsp3) is 0.722. The normalized spacial score (nSPS) is 16.4. The van der Waals surface area contributed by atoms with E-state index in [-0.39, 0.29) is 0 Å². The van der Waals surface area contributed by atoms with Gasteiger partial charge in [-0.15, -0.1) is 11.3 Å². The minimum absolute atomic E-state index is 0.363. The van der Waals surface area contributed by atoms with Crippen molar-refractivity contribution >= 4 is 27.3 Å². The fourth-order valence-corrected chi connectivity index (χ4v) is 5.61. The monoisotopic (exact) mass is 400 g/mol. The number of guanidine groups is 1. The van der Waals surface area contributed by atoms with Crippen molar-refractivity contribution in [1.29, 1.82) is 0 Å². The smallest absolute Gasteiger partial charge is 0.252 e. The SMILES string of the molecule is CCNC(=NCc1ccc(S(=O)(=O)N(C)C)s1)NCCCC1CCCC1. The number of hydrogen-bond donors (Lipinski definition) is 2. The third kappa shape index (κ3) is 6.25. The molecule has 0 spiro atoms. The molecule has 2 rings (SSSR count). The van der Waals surface area contributed by atoms with Gasteiger partial charge in [-0.25, -0.2) is 17.7 Å². The third-order valence-corrected chi connectivity index (χ3v) is 8.02. The minimum atomic E-state index is -3.36. The van der Waals surface area contributed by atoms with Gasteiger partial charge < -0.3 is 10.6 Å². The summed E-state index contributed by atoms with van der Waals surface area (Å²) in [5.41, 5.74) is 0. The van der Waals surface area contributed by atoms with E-state index in [1.807, 2.05) is 13.0 Å². The summed E-state index contributed by atoms with van der Waals surface area (Å²) < 4.78 is 25.9. The van der Waals surface area contributed by atoms with Gasteiger partial charge in [-0.1, -0.05) is 25.7 Å². The van der Waals surface area contributed by atoms with E-state index in [0.29, 0.717) is 10.8 Å². The maximum absolute atomic E-state index is 12.1. The highest BCUT2D eigenvalue weighted by Crippen LogP contribution is 2.28. The van der Waals surface area contributed by atoms with Crippen LogP contribution < -0.4 is 10.6 Å². The summed E-state index contributed by atoms with van der Waals surface area (Å²) >= 11 is 1.28. The molecular formula is C18H32N4O2S2. The molecule has 0 amide bonds. The van der Waals surface area contributed by atoms with Gasteiger partial charge in [-0.3, -0.25) is 0 Å². The van der Waals surface area contributed by atoms with Crippen LogP contribution in [0.3, 0.4) is 0 Å². The maximum Gasteiger partial charge on any atom is 0.252 e. The number of rotatable bonds is 9. The van der Waals surface area contributed by atoms with Crippen molar-refractivity contribution in [2.45, 2.75) is 56.2 Å². The Morgan fingerprint density at radius 3 is 2.65 bits per heavy atom. The largest absolute Gasteiger partial charge is 0.357 e. The highest BCUT2D eigenvalue weighted by Gasteiger charge is 2.19. The topological polar surface area (TPSA) is 73.8 Å². The molecule has 1 heterocycles. The molecule has 2 N–H and O–H groups in total. The van der Waals surface area contributed by atoms with Crippen LogP contribution >= 0.6 is 11.3 Å². The summed E-state index contributed by atoms with van der Waals surface area (Å²) in [5, 5.41) is 6.64. The molecule has 0 unspecified atom stereocenters. The van der Waals surface area contributed by atoms with Crippen molar-refractivity contribution in [3.63, 3.8) is 0 Å². The zero-order chi connectivity index (χ0) is 19.0. The second kappa shape index (κ2) is 10.3. The van der Waals surface area contributed by atoms with Crippen LogP contribution in [0, 0.1) is 5.92 Å². The first-order valence-electron chi connectivity index (χ1n) is 9.47. The standard InChI is InChI=1S/C18H32N4O2S2/c1-4-19-18(20-13-7-10-15-8-5-6-9-15)21-14-16-11-12-17(25-16)26(23,24)22(2)3/h11-12,15H,4-10,13-14H2,1-3H3,(H2,19,20,21). The molecule has 1 saturated carbocycles. The Labute approximate surface area is 162 Å². The van der Waals surface area contributed by atoms with Crippen LogP contribution in [0.1, 0.15) is 50.3 Å². The first kappa shape index (κ1) is 21.2. The predicted molar refractivity (Wildman–Crippen MR) is 109 cm³/mol. The van der Waals surface area contributed by atoms with E-state index in [4.69, 9.17) is 0 Å². The molecule has 148 valence electrons. The van der Waals surface area contributed by atoms with E-state index < -0.39 is 10.0 Å². The molecular weight excluding hydrogens is 368 g/mol. The summed E-state index contributed by atoms with van der Waals surface area (Å²) in [4.78, 5) is 5.53. The maximum atomic E-state index is 12.1. The molecule has 26 heavy (non-hydrogen) atoms. The molecule has 0 saturated heterocycles. The van der Waals surface area contributed by atoms with Gasteiger partial charge in [0.1, 0.15) is 4.21 Å². The molecule has 1 aliphatic rings. The highest BCUT2D eigenvalue weighted by atomic mass is 32.2. The van der Waals surface area contributed by atoms with Gasteiger partial charge >= 0.3 is 0 Å². The van der Waals surface area contributed by atoms with Crippen molar-refractivity contribution in [2.75, 3.05) is 27.2 Å². The Morgan fingerprint density at radius 2 is 2.00 bits per heavy atom. The van der Waals surface area contributed by atoms with E-state index in [9.17, 15) is 8.42 Å². The molecule has 8 heteroatoms. The first-order chi connectivity index (χ1) is 12.4. The molecule has 0 bridgehead atoms. The van der Waals surface area contributed by atoms with Gasteiger partial charge in [0, 0.05) is 32.1 Å². The average molecular weight is 401 g/mol. The molecule has 0 radical (unpaired) electrons. The van der Waals surface area contributed by atoms with E-state index in [2.05, 4.69) is 15.6 Å². The van der Waals surface area contributed by atoms with Gasteiger partial charge in [0.2, 0.25) is 0 Å². The van der Waals surface area contributed by atoms with Crippen LogP contribution in [0.2, 0.25) is 0 Å². The second-order valence-corrected chi connectivity index (χ2v) is 10.5. The van der Waals surface area contributed by atoms with Gasteiger partial charge in [-0.05, 0) is 37.8 Å². The summed E-state index contributed by atoms with van der Waals surface area (Å²) in [5.74, 6) is 1.71. The number of hydrogen-bond acceptors (Lipinski definition) is 4. The number of nitrogens with one attached hydrogen (secondary N) is 2. The van der Waals surface area contributed by atoms with Crippen LogP contribution in [0.5, 0.6) is 0 Å². The van der Waals surface area contributed by atoms with Crippen molar-refractivity contribution in [3.8, 4) is 0 Å². The zero-order valence-electron chi connectivity index (χ0n) is 16.1. The van der Waals surface area contributed by atoms with Gasteiger partial charge in [0.05, 0.1) is 6.54 Å². The Bertz CT molecular complexity index is 677. The van der Waals surface area contributed by atoms with Gasteiger partial charge in [0.25, 0.3) is 10.0 Å². The fourth-order valence-electron chi connectivity index (χ4n) is 3.16. The van der Waals surface area contributed by atoms with Crippen molar-refractivity contribution in [1.82, 2.24) is 14.9 Å². The second-order valence-electron chi connectivity index (χ2n) is 6.92. The quantitative estimate of drug-likeness (QED) is 0.380. The van der Waals surface area contributed by atoms with Crippen molar-refractivity contribution in [3.05, 3.63) is 17.0 Å². The lowest BCUT2D eigenvalue weighted by molar-refractivity contribution is 0.481. The van der Waals surface area contributed by atoms with E-state index in [1.54, 1.807) is 20.2 Å². The van der Waals surface area contributed by atoms with Crippen molar-refractivity contribution < 1.29 is 8.42 Å². The van der Waals surface area contributed by atoms with E-state index in [0.717, 1.165) is 29.8 Å². The van der Waals surface area contributed by atoms with Crippen molar-refractivity contribution in [2.24, 2.45) is 10.9 Å². The average Bonchev–Trinajstić information content (AvgIpc) is 3.28. The number of sulfonamides is 1. The van der Waals surface area contributed by atoms with E-state index in [1.165, 1.54) is 54.2 Å². The Balaban J connectivity index is 1.85. The first-order valence-corrected chi connectivity index (χ1v) is 11.7. The Kier molecular flexibility index (Phi) is 8.37. The molecule has 6 nitrogen and oxygen atoms in total.